The van der Waals surface area contributed by atoms with Crippen LogP contribution in [0.5, 0.6) is 0 Å². The number of thiazole rings is 1. The highest BCUT2D eigenvalue weighted by molar-refractivity contribution is 7.18. The smallest absolute Gasteiger partial charge is 0.0957 e. The van der Waals surface area contributed by atoms with Gasteiger partial charge in [0.1, 0.15) is 0 Å². The minimum absolute atomic E-state index is 0.353. The highest BCUT2D eigenvalue weighted by Gasteiger charge is 2.18. The van der Waals surface area contributed by atoms with Crippen LogP contribution in [0.3, 0.4) is 0 Å². The molecule has 0 aliphatic carbocycles. The molecule has 4 N–H and O–H groups in total. The molecule has 1 heterocycles. The molecule has 0 amide bonds. The van der Waals surface area contributed by atoms with Crippen LogP contribution in [0.1, 0.15) is 11.9 Å². The van der Waals surface area contributed by atoms with E-state index in [2.05, 4.69) is 11.1 Å². The summed E-state index contributed by atoms with van der Waals surface area (Å²) in [6.07, 6.45) is 0.739. The maximum atomic E-state index is 6.01. The standard InChI is InChI=1S/C11H15N3S/c1-11(13,7-12)6-10-14-8-4-2-3-5-9(8)15-10/h2-5H,6-7,12-13H2,1H3. The Morgan fingerprint density at radius 1 is 1.40 bits per heavy atom. The Morgan fingerprint density at radius 3 is 2.80 bits per heavy atom. The lowest BCUT2D eigenvalue weighted by molar-refractivity contribution is 0.477. The van der Waals surface area contributed by atoms with Crippen LogP contribution in [0.2, 0.25) is 0 Å². The molecule has 0 radical (unpaired) electrons. The maximum Gasteiger partial charge on any atom is 0.0957 e. The summed E-state index contributed by atoms with van der Waals surface area (Å²) in [4.78, 5) is 4.53. The van der Waals surface area contributed by atoms with Crippen LogP contribution in [-0.4, -0.2) is 17.1 Å². The van der Waals surface area contributed by atoms with Gasteiger partial charge in [-0.3, -0.25) is 0 Å². The number of rotatable bonds is 3. The molecule has 0 saturated carbocycles. The first-order valence-electron chi connectivity index (χ1n) is 4.94. The van der Waals surface area contributed by atoms with E-state index in [0.717, 1.165) is 16.9 Å². The largest absolute Gasteiger partial charge is 0.329 e. The number of benzene rings is 1. The van der Waals surface area contributed by atoms with Crippen molar-refractivity contribution in [3.05, 3.63) is 29.3 Å². The highest BCUT2D eigenvalue weighted by Crippen LogP contribution is 2.23. The first-order valence-corrected chi connectivity index (χ1v) is 5.76. The first-order chi connectivity index (χ1) is 7.11. The van der Waals surface area contributed by atoms with Crippen LogP contribution in [0.25, 0.3) is 10.2 Å². The zero-order valence-corrected chi connectivity index (χ0v) is 9.55. The van der Waals surface area contributed by atoms with E-state index in [9.17, 15) is 0 Å². The molecule has 0 fully saturated rings. The maximum absolute atomic E-state index is 6.01. The second-order valence-corrected chi connectivity index (χ2v) is 5.23. The normalized spacial score (nSPS) is 15.4. The summed E-state index contributed by atoms with van der Waals surface area (Å²) in [7, 11) is 0. The predicted octanol–water partition coefficient (Wildman–Crippen LogP) is 1.51. The van der Waals surface area contributed by atoms with Crippen molar-refractivity contribution < 1.29 is 0 Å². The van der Waals surface area contributed by atoms with Crippen molar-refractivity contribution >= 4 is 21.6 Å². The number of nitrogens with two attached hydrogens (primary N) is 2. The third-order valence-corrected chi connectivity index (χ3v) is 3.40. The molecule has 15 heavy (non-hydrogen) atoms. The van der Waals surface area contributed by atoms with Crippen molar-refractivity contribution in [1.82, 2.24) is 4.98 Å². The second-order valence-electron chi connectivity index (χ2n) is 4.11. The van der Waals surface area contributed by atoms with Gasteiger partial charge >= 0.3 is 0 Å². The molecule has 1 aromatic heterocycles. The number of hydrogen-bond acceptors (Lipinski definition) is 4. The SMILES string of the molecule is CC(N)(CN)Cc1nc2ccccc2s1. The van der Waals surface area contributed by atoms with Gasteiger partial charge in [-0.25, -0.2) is 4.98 Å². The summed E-state index contributed by atoms with van der Waals surface area (Å²) < 4.78 is 1.21. The number of nitrogens with zero attached hydrogens (tertiary/aromatic N) is 1. The molecular formula is C11H15N3S. The third kappa shape index (κ3) is 2.34. The van der Waals surface area contributed by atoms with Crippen LogP contribution in [-0.2, 0) is 6.42 Å². The Bertz CT molecular complexity index is 429. The Labute approximate surface area is 93.1 Å². The van der Waals surface area contributed by atoms with Crippen LogP contribution in [0.4, 0.5) is 0 Å². The van der Waals surface area contributed by atoms with Gasteiger partial charge < -0.3 is 11.5 Å². The van der Waals surface area contributed by atoms with Gasteiger partial charge in [-0.2, -0.15) is 0 Å². The fourth-order valence-corrected chi connectivity index (χ4v) is 2.58. The zero-order valence-electron chi connectivity index (χ0n) is 8.73. The fraction of sp³-hybridized carbons (Fsp3) is 0.364. The molecule has 3 nitrogen and oxygen atoms in total. The topological polar surface area (TPSA) is 64.9 Å². The summed E-state index contributed by atoms with van der Waals surface area (Å²) in [5.41, 5.74) is 12.3. The van der Waals surface area contributed by atoms with Crippen molar-refractivity contribution in [3.8, 4) is 0 Å². The lowest BCUT2D eigenvalue weighted by atomic mass is 10.0. The number of hydrogen-bond donors (Lipinski definition) is 2. The lowest BCUT2D eigenvalue weighted by Crippen LogP contribution is -2.45. The predicted molar refractivity (Wildman–Crippen MR) is 65.0 cm³/mol. The van der Waals surface area contributed by atoms with E-state index < -0.39 is 0 Å². The number of para-hydroxylation sites is 1. The van der Waals surface area contributed by atoms with Gasteiger partial charge in [0.15, 0.2) is 0 Å². The van der Waals surface area contributed by atoms with Crippen molar-refractivity contribution in [3.63, 3.8) is 0 Å². The Hall–Kier alpha value is -0.970. The summed E-state index contributed by atoms with van der Waals surface area (Å²) in [6.45, 7) is 2.43. The van der Waals surface area contributed by atoms with Crippen LogP contribution < -0.4 is 11.5 Å². The summed E-state index contributed by atoms with van der Waals surface area (Å²) in [6, 6.07) is 8.11. The van der Waals surface area contributed by atoms with Gasteiger partial charge in [0.05, 0.1) is 15.2 Å². The number of aromatic nitrogens is 1. The average molecular weight is 221 g/mol. The zero-order chi connectivity index (χ0) is 10.9. The summed E-state index contributed by atoms with van der Waals surface area (Å²) >= 11 is 1.69. The van der Waals surface area contributed by atoms with E-state index in [1.807, 2.05) is 25.1 Å². The van der Waals surface area contributed by atoms with E-state index in [1.54, 1.807) is 11.3 Å². The molecular weight excluding hydrogens is 206 g/mol. The van der Waals surface area contributed by atoms with Gasteiger partial charge in [0, 0.05) is 18.5 Å². The summed E-state index contributed by atoms with van der Waals surface area (Å²) in [5.74, 6) is 0. The molecule has 1 aromatic carbocycles. The number of fused-ring (bicyclic) bond motifs is 1. The molecule has 80 valence electrons. The van der Waals surface area contributed by atoms with Gasteiger partial charge in [0.2, 0.25) is 0 Å². The molecule has 0 aliphatic rings. The molecule has 0 saturated heterocycles. The van der Waals surface area contributed by atoms with Crippen LogP contribution in [0.15, 0.2) is 24.3 Å². The van der Waals surface area contributed by atoms with E-state index >= 15 is 0 Å². The van der Waals surface area contributed by atoms with Crippen LogP contribution in [0, 0.1) is 0 Å². The summed E-state index contributed by atoms with van der Waals surface area (Å²) in [5, 5.41) is 1.06. The third-order valence-electron chi connectivity index (χ3n) is 2.36. The van der Waals surface area contributed by atoms with Gasteiger partial charge in [-0.15, -0.1) is 11.3 Å². The Morgan fingerprint density at radius 2 is 2.13 bits per heavy atom. The molecule has 1 unspecified atom stereocenters. The second kappa shape index (κ2) is 3.89. The molecule has 0 bridgehead atoms. The van der Waals surface area contributed by atoms with Gasteiger partial charge in [-0.05, 0) is 19.1 Å². The van der Waals surface area contributed by atoms with E-state index in [1.165, 1.54) is 4.70 Å². The van der Waals surface area contributed by atoms with Crippen LogP contribution >= 0.6 is 11.3 Å². The average Bonchev–Trinajstić information content (AvgIpc) is 2.58. The highest BCUT2D eigenvalue weighted by atomic mass is 32.1. The van der Waals surface area contributed by atoms with Crippen molar-refractivity contribution in [2.45, 2.75) is 18.9 Å². The van der Waals surface area contributed by atoms with E-state index in [4.69, 9.17) is 11.5 Å². The molecule has 2 aromatic rings. The van der Waals surface area contributed by atoms with Crippen molar-refractivity contribution in [2.75, 3.05) is 6.54 Å². The fourth-order valence-electron chi connectivity index (χ4n) is 1.41. The molecule has 2 rings (SSSR count). The minimum Gasteiger partial charge on any atom is -0.329 e. The lowest BCUT2D eigenvalue weighted by Gasteiger charge is -2.20. The molecule has 4 heteroatoms. The van der Waals surface area contributed by atoms with E-state index in [0.29, 0.717) is 6.54 Å². The van der Waals surface area contributed by atoms with Gasteiger partial charge in [0.25, 0.3) is 0 Å². The quantitative estimate of drug-likeness (QED) is 0.825. The van der Waals surface area contributed by atoms with Crippen molar-refractivity contribution in [1.29, 1.82) is 0 Å². The molecule has 1 atom stereocenters. The molecule has 0 aliphatic heterocycles. The first kappa shape index (κ1) is 10.5. The van der Waals surface area contributed by atoms with E-state index in [-0.39, 0.29) is 5.54 Å². The van der Waals surface area contributed by atoms with Gasteiger partial charge in [-0.1, -0.05) is 12.1 Å². The Balaban J connectivity index is 2.30. The monoisotopic (exact) mass is 221 g/mol. The Kier molecular flexibility index (Phi) is 2.73. The van der Waals surface area contributed by atoms with Crippen molar-refractivity contribution in [2.24, 2.45) is 11.5 Å². The minimum atomic E-state index is -0.353. The molecule has 0 spiro atoms.